The molecule has 1 unspecified atom stereocenters. The molecule has 124 valence electrons. The molecule has 3 rings (SSSR count). The monoisotopic (exact) mass is 319 g/mol. The molecule has 23 heavy (non-hydrogen) atoms. The van der Waals surface area contributed by atoms with Gasteiger partial charge in [0.1, 0.15) is 6.54 Å². The zero-order chi connectivity index (χ0) is 16.4. The molecular formula is C16H21N3O4. The second-order valence-electron chi connectivity index (χ2n) is 6.18. The largest absolute Gasteiger partial charge is 0.459 e. The number of hydrogen-bond acceptors (Lipinski definition) is 4. The van der Waals surface area contributed by atoms with Crippen molar-refractivity contribution in [3.8, 4) is 0 Å². The van der Waals surface area contributed by atoms with E-state index in [-0.39, 0.29) is 24.3 Å². The smallest absolute Gasteiger partial charge is 0.289 e. The number of amides is 3. The van der Waals surface area contributed by atoms with E-state index in [2.05, 4.69) is 5.32 Å². The Balaban J connectivity index is 1.79. The lowest BCUT2D eigenvalue weighted by atomic mass is 9.86. The summed E-state index contributed by atoms with van der Waals surface area (Å²) in [5.74, 6) is -0.0486. The molecule has 0 bridgehead atoms. The number of nitrogens with one attached hydrogen (secondary N) is 1. The van der Waals surface area contributed by atoms with Crippen LogP contribution < -0.4 is 5.32 Å². The van der Waals surface area contributed by atoms with Gasteiger partial charge in [-0.05, 0) is 31.4 Å². The van der Waals surface area contributed by atoms with Crippen molar-refractivity contribution < 1.29 is 18.8 Å². The van der Waals surface area contributed by atoms with Crippen LogP contribution in [0.3, 0.4) is 0 Å². The maximum absolute atomic E-state index is 12.5. The minimum absolute atomic E-state index is 0.0131. The van der Waals surface area contributed by atoms with Crippen LogP contribution in [0.5, 0.6) is 0 Å². The van der Waals surface area contributed by atoms with Crippen LogP contribution in [0.15, 0.2) is 22.8 Å². The van der Waals surface area contributed by atoms with Crippen molar-refractivity contribution in [3.63, 3.8) is 0 Å². The number of piperidine rings is 1. The number of carbonyl (C=O) groups excluding carboxylic acids is 3. The van der Waals surface area contributed by atoms with E-state index in [1.165, 1.54) is 6.26 Å². The predicted molar refractivity (Wildman–Crippen MR) is 81.6 cm³/mol. The normalized spacial score (nSPS) is 24.3. The first kappa shape index (κ1) is 15.6. The first-order valence-electron chi connectivity index (χ1n) is 7.89. The molecule has 1 aromatic rings. The summed E-state index contributed by atoms with van der Waals surface area (Å²) < 4.78 is 5.19. The second kappa shape index (κ2) is 6.06. The van der Waals surface area contributed by atoms with Gasteiger partial charge in [0.25, 0.3) is 5.91 Å². The van der Waals surface area contributed by atoms with E-state index in [9.17, 15) is 14.4 Å². The van der Waals surface area contributed by atoms with Crippen molar-refractivity contribution in [3.05, 3.63) is 24.2 Å². The van der Waals surface area contributed by atoms with Gasteiger partial charge in [0.15, 0.2) is 5.76 Å². The van der Waals surface area contributed by atoms with E-state index in [0.29, 0.717) is 31.7 Å². The number of likely N-dealkylation sites (tertiary alicyclic amines) is 2. The number of likely N-dealkylation sites (N-methyl/N-ethyl adjacent to an activating group) is 1. The zero-order valence-electron chi connectivity index (χ0n) is 13.2. The third-order valence-electron chi connectivity index (χ3n) is 4.83. The molecule has 1 atom stereocenters. The highest BCUT2D eigenvalue weighted by Gasteiger charge is 2.49. The Labute approximate surface area is 134 Å². The van der Waals surface area contributed by atoms with E-state index >= 15 is 0 Å². The lowest BCUT2D eigenvalue weighted by molar-refractivity contribution is -0.138. The van der Waals surface area contributed by atoms with Crippen molar-refractivity contribution in [2.24, 2.45) is 0 Å². The molecule has 1 aromatic heterocycles. The Morgan fingerprint density at radius 1 is 1.39 bits per heavy atom. The van der Waals surface area contributed by atoms with Crippen LogP contribution in [0.1, 0.15) is 36.2 Å². The topological polar surface area (TPSA) is 82.9 Å². The van der Waals surface area contributed by atoms with Crippen LogP contribution in [-0.4, -0.2) is 59.7 Å². The molecule has 0 aromatic carbocycles. The molecule has 3 amide bonds. The fourth-order valence-electron chi connectivity index (χ4n) is 3.62. The van der Waals surface area contributed by atoms with Crippen molar-refractivity contribution in [1.29, 1.82) is 0 Å². The van der Waals surface area contributed by atoms with Crippen molar-refractivity contribution in [2.75, 3.05) is 26.7 Å². The lowest BCUT2D eigenvalue weighted by Gasteiger charge is -2.45. The summed E-state index contributed by atoms with van der Waals surface area (Å²) in [6.45, 7) is 1.15. The molecule has 0 aliphatic carbocycles. The molecule has 0 radical (unpaired) electrons. The number of rotatable bonds is 3. The summed E-state index contributed by atoms with van der Waals surface area (Å²) in [5.41, 5.74) is -0.426. The van der Waals surface area contributed by atoms with Gasteiger partial charge < -0.3 is 19.5 Å². The highest BCUT2D eigenvalue weighted by atomic mass is 16.3. The van der Waals surface area contributed by atoms with E-state index in [4.69, 9.17) is 4.42 Å². The van der Waals surface area contributed by atoms with Crippen LogP contribution in [-0.2, 0) is 9.59 Å². The summed E-state index contributed by atoms with van der Waals surface area (Å²) in [6.07, 6.45) is 4.22. The van der Waals surface area contributed by atoms with Crippen LogP contribution in [0.25, 0.3) is 0 Å². The predicted octanol–water partition coefficient (Wildman–Crippen LogP) is 0.623. The van der Waals surface area contributed by atoms with Gasteiger partial charge >= 0.3 is 0 Å². The SMILES string of the molecule is CNC(=O)CN1C(=O)CCC12CCCN(C(=O)c1ccco1)C2. The number of carbonyl (C=O) groups is 3. The lowest BCUT2D eigenvalue weighted by Crippen LogP contribution is -2.59. The van der Waals surface area contributed by atoms with Gasteiger partial charge in [0.2, 0.25) is 11.8 Å². The van der Waals surface area contributed by atoms with Crippen LogP contribution in [0.4, 0.5) is 0 Å². The summed E-state index contributed by atoms with van der Waals surface area (Å²) in [7, 11) is 1.56. The van der Waals surface area contributed by atoms with Crippen LogP contribution in [0, 0.1) is 0 Å². The number of furan rings is 1. The molecule has 3 heterocycles. The van der Waals surface area contributed by atoms with Gasteiger partial charge in [0, 0.05) is 26.6 Å². The number of nitrogens with zero attached hydrogens (tertiary/aromatic N) is 2. The fraction of sp³-hybridized carbons (Fsp3) is 0.562. The molecule has 1 spiro atoms. The van der Waals surface area contributed by atoms with Crippen molar-refractivity contribution >= 4 is 17.7 Å². The summed E-state index contributed by atoms with van der Waals surface area (Å²) in [4.78, 5) is 39.9. The maximum Gasteiger partial charge on any atom is 0.289 e. The third kappa shape index (κ3) is 2.83. The molecular weight excluding hydrogens is 298 g/mol. The minimum atomic E-state index is -0.426. The zero-order valence-corrected chi connectivity index (χ0v) is 13.2. The standard InChI is InChI=1S/C16H21N3O4/c1-17-13(20)10-19-14(21)5-7-16(19)6-3-8-18(11-16)15(22)12-4-2-9-23-12/h2,4,9H,3,5-8,10-11H2,1H3,(H,17,20). The molecule has 2 fully saturated rings. The minimum Gasteiger partial charge on any atom is -0.459 e. The van der Waals surface area contributed by atoms with Crippen LogP contribution in [0.2, 0.25) is 0 Å². The Hall–Kier alpha value is -2.31. The molecule has 2 saturated heterocycles. The van der Waals surface area contributed by atoms with E-state index in [0.717, 1.165) is 12.8 Å². The van der Waals surface area contributed by atoms with Crippen molar-refractivity contribution in [1.82, 2.24) is 15.1 Å². The van der Waals surface area contributed by atoms with Gasteiger partial charge in [-0.15, -0.1) is 0 Å². The summed E-state index contributed by atoms with van der Waals surface area (Å²) >= 11 is 0. The Kier molecular flexibility index (Phi) is 4.11. The molecule has 1 N–H and O–H groups in total. The first-order chi connectivity index (χ1) is 11.1. The quantitative estimate of drug-likeness (QED) is 0.885. The average molecular weight is 319 g/mol. The summed E-state index contributed by atoms with van der Waals surface area (Å²) in [5, 5.41) is 2.56. The fourth-order valence-corrected chi connectivity index (χ4v) is 3.62. The van der Waals surface area contributed by atoms with Gasteiger partial charge in [-0.2, -0.15) is 0 Å². The van der Waals surface area contributed by atoms with Gasteiger partial charge in [-0.25, -0.2) is 0 Å². The first-order valence-corrected chi connectivity index (χ1v) is 7.89. The van der Waals surface area contributed by atoms with E-state index < -0.39 is 5.54 Å². The van der Waals surface area contributed by atoms with E-state index in [1.807, 2.05) is 0 Å². The van der Waals surface area contributed by atoms with Gasteiger partial charge in [-0.3, -0.25) is 14.4 Å². The average Bonchev–Trinajstić information content (AvgIpc) is 3.19. The Morgan fingerprint density at radius 3 is 2.91 bits per heavy atom. The Bertz CT molecular complexity index is 613. The van der Waals surface area contributed by atoms with E-state index in [1.54, 1.807) is 29.0 Å². The van der Waals surface area contributed by atoms with Gasteiger partial charge in [-0.1, -0.05) is 0 Å². The van der Waals surface area contributed by atoms with Crippen molar-refractivity contribution in [2.45, 2.75) is 31.2 Å². The summed E-state index contributed by atoms with van der Waals surface area (Å²) in [6, 6.07) is 3.33. The highest BCUT2D eigenvalue weighted by molar-refractivity contribution is 5.92. The Morgan fingerprint density at radius 2 is 2.22 bits per heavy atom. The third-order valence-corrected chi connectivity index (χ3v) is 4.83. The molecule has 0 saturated carbocycles. The second-order valence-corrected chi connectivity index (χ2v) is 6.18. The molecule has 2 aliphatic heterocycles. The highest BCUT2D eigenvalue weighted by Crippen LogP contribution is 2.38. The van der Waals surface area contributed by atoms with Gasteiger partial charge in [0.05, 0.1) is 11.8 Å². The molecule has 7 nitrogen and oxygen atoms in total. The number of hydrogen-bond donors (Lipinski definition) is 1. The van der Waals surface area contributed by atoms with Crippen LogP contribution >= 0.6 is 0 Å². The molecule has 2 aliphatic rings. The maximum atomic E-state index is 12.5. The molecule has 7 heteroatoms.